The third-order valence-electron chi connectivity index (χ3n) is 5.40. The summed E-state index contributed by atoms with van der Waals surface area (Å²) in [6.45, 7) is 3.68. The van der Waals surface area contributed by atoms with E-state index in [1.165, 1.54) is 11.0 Å². The lowest BCUT2D eigenvalue weighted by molar-refractivity contribution is 0.0454. The number of aryl methyl sites for hydroxylation is 1. The lowest BCUT2D eigenvalue weighted by Crippen LogP contribution is -2.38. The van der Waals surface area contributed by atoms with E-state index in [0.29, 0.717) is 31.7 Å². The number of amides is 3. The van der Waals surface area contributed by atoms with Gasteiger partial charge in [0, 0.05) is 32.2 Å². The summed E-state index contributed by atoms with van der Waals surface area (Å²) in [6.07, 6.45) is 3.41. The fraction of sp³-hybridized carbons (Fsp3) is 0.500. The Morgan fingerprint density at radius 1 is 1.29 bits per heavy atom. The van der Waals surface area contributed by atoms with Gasteiger partial charge in [0.2, 0.25) is 0 Å². The Balaban J connectivity index is 1.44. The van der Waals surface area contributed by atoms with Crippen molar-refractivity contribution in [2.24, 2.45) is 0 Å². The van der Waals surface area contributed by atoms with Gasteiger partial charge in [0.1, 0.15) is 11.9 Å². The predicted octanol–water partition coefficient (Wildman–Crippen LogP) is 1.81. The first-order valence-corrected chi connectivity index (χ1v) is 9.30. The van der Waals surface area contributed by atoms with Gasteiger partial charge in [-0.05, 0) is 47.9 Å². The summed E-state index contributed by atoms with van der Waals surface area (Å²) in [6, 6.07) is 5.49. The van der Waals surface area contributed by atoms with E-state index in [4.69, 9.17) is 4.74 Å². The van der Waals surface area contributed by atoms with Gasteiger partial charge in [-0.15, -0.1) is 5.10 Å². The quantitative estimate of drug-likeness (QED) is 0.845. The van der Waals surface area contributed by atoms with E-state index < -0.39 is 5.60 Å². The number of carbonyl (C=O) groups is 2. The van der Waals surface area contributed by atoms with E-state index in [1.54, 1.807) is 16.8 Å². The monoisotopic (exact) mass is 385 g/mol. The lowest BCUT2D eigenvalue weighted by atomic mass is 9.95. The fourth-order valence-electron chi connectivity index (χ4n) is 3.78. The highest BCUT2D eigenvalue weighted by molar-refractivity contribution is 5.90. The molecule has 2 saturated heterocycles. The summed E-state index contributed by atoms with van der Waals surface area (Å²) in [5.74, 6) is 0. The van der Waals surface area contributed by atoms with Gasteiger partial charge in [-0.1, -0.05) is 6.07 Å². The molecule has 2 aliphatic heterocycles. The average molecular weight is 385 g/mol. The van der Waals surface area contributed by atoms with Gasteiger partial charge in [-0.2, -0.15) is 0 Å². The molecule has 10 heteroatoms. The molecule has 0 radical (unpaired) electrons. The van der Waals surface area contributed by atoms with Crippen LogP contribution in [-0.4, -0.2) is 74.4 Å². The molecule has 0 saturated carbocycles. The first kappa shape index (κ1) is 18.2. The number of nitrogens with one attached hydrogen (secondary N) is 1. The average Bonchev–Trinajstić information content (AvgIpc) is 3.23. The van der Waals surface area contributed by atoms with Crippen LogP contribution in [0.2, 0.25) is 0 Å². The number of likely N-dealkylation sites (tertiary alicyclic amines) is 1. The SMILES string of the molecule is Cc1ccc(-n2cnnn2)cc1NC(=O)N1CCC[C@@]2(CC1)CN(C)C(=O)O2. The van der Waals surface area contributed by atoms with Crippen LogP contribution in [0.1, 0.15) is 24.8 Å². The Morgan fingerprint density at radius 3 is 2.86 bits per heavy atom. The van der Waals surface area contributed by atoms with Crippen LogP contribution in [0.25, 0.3) is 5.69 Å². The molecule has 2 aliphatic rings. The lowest BCUT2D eigenvalue weighted by Gasteiger charge is -2.25. The van der Waals surface area contributed by atoms with Crippen LogP contribution in [0.5, 0.6) is 0 Å². The zero-order valence-corrected chi connectivity index (χ0v) is 16.0. The van der Waals surface area contributed by atoms with Crippen LogP contribution >= 0.6 is 0 Å². The standard InChI is InChI=1S/C18H23N7O3/c1-13-4-5-14(25-12-19-21-22-25)10-15(13)20-16(26)24-8-3-6-18(7-9-24)11-23(2)17(27)28-18/h4-5,10,12H,3,6-9,11H2,1-2H3,(H,20,26)/t18-/m1/s1. The normalized spacial score (nSPS) is 22.3. The largest absolute Gasteiger partial charge is 0.441 e. The topological polar surface area (TPSA) is 105 Å². The van der Waals surface area contributed by atoms with Crippen LogP contribution in [0.4, 0.5) is 15.3 Å². The summed E-state index contributed by atoms with van der Waals surface area (Å²) in [7, 11) is 1.74. The molecule has 2 fully saturated rings. The molecular formula is C18H23N7O3. The highest BCUT2D eigenvalue weighted by atomic mass is 16.6. The molecule has 1 atom stereocenters. The number of ether oxygens (including phenoxy) is 1. The minimum Gasteiger partial charge on any atom is -0.441 e. The first-order valence-electron chi connectivity index (χ1n) is 9.30. The second-order valence-corrected chi connectivity index (χ2v) is 7.43. The summed E-state index contributed by atoms with van der Waals surface area (Å²) in [4.78, 5) is 28.0. The van der Waals surface area contributed by atoms with Crippen molar-refractivity contribution >= 4 is 17.8 Å². The Labute approximate surface area is 162 Å². The van der Waals surface area contributed by atoms with Crippen LogP contribution < -0.4 is 5.32 Å². The number of hydrogen-bond acceptors (Lipinski definition) is 6. The Kier molecular flexibility index (Phi) is 4.62. The summed E-state index contributed by atoms with van der Waals surface area (Å²) < 4.78 is 7.15. The third kappa shape index (κ3) is 3.49. The van der Waals surface area contributed by atoms with Gasteiger partial charge >= 0.3 is 12.1 Å². The van der Waals surface area contributed by atoms with Crippen molar-refractivity contribution in [2.75, 3.05) is 32.0 Å². The summed E-state index contributed by atoms with van der Waals surface area (Å²) >= 11 is 0. The number of urea groups is 1. The molecule has 4 rings (SSSR count). The Bertz CT molecular complexity index is 885. The fourth-order valence-corrected chi connectivity index (χ4v) is 3.78. The number of rotatable bonds is 2. The number of nitrogens with zero attached hydrogens (tertiary/aromatic N) is 6. The van der Waals surface area contributed by atoms with Crippen molar-refractivity contribution in [1.29, 1.82) is 0 Å². The van der Waals surface area contributed by atoms with Crippen molar-refractivity contribution in [3.8, 4) is 5.69 Å². The van der Waals surface area contributed by atoms with Crippen molar-refractivity contribution in [3.05, 3.63) is 30.1 Å². The second kappa shape index (κ2) is 7.10. The van der Waals surface area contributed by atoms with Crippen LogP contribution in [0.15, 0.2) is 24.5 Å². The maximum absolute atomic E-state index is 12.9. The highest BCUT2D eigenvalue weighted by Gasteiger charge is 2.44. The van der Waals surface area contributed by atoms with Crippen LogP contribution in [0.3, 0.4) is 0 Å². The van der Waals surface area contributed by atoms with Crippen molar-refractivity contribution in [1.82, 2.24) is 30.0 Å². The van der Waals surface area contributed by atoms with Gasteiger partial charge < -0.3 is 19.9 Å². The van der Waals surface area contributed by atoms with Crippen molar-refractivity contribution in [3.63, 3.8) is 0 Å². The smallest absolute Gasteiger partial charge is 0.410 e. The molecule has 2 aromatic rings. The van der Waals surface area contributed by atoms with Crippen molar-refractivity contribution < 1.29 is 14.3 Å². The predicted molar refractivity (Wildman–Crippen MR) is 100 cm³/mol. The Hall–Kier alpha value is -3.17. The molecule has 1 spiro atoms. The molecule has 148 valence electrons. The molecule has 0 aliphatic carbocycles. The maximum Gasteiger partial charge on any atom is 0.410 e. The van der Waals surface area contributed by atoms with E-state index in [0.717, 1.165) is 24.1 Å². The van der Waals surface area contributed by atoms with E-state index >= 15 is 0 Å². The van der Waals surface area contributed by atoms with Gasteiger partial charge in [0.15, 0.2) is 0 Å². The molecule has 0 bridgehead atoms. The zero-order valence-electron chi connectivity index (χ0n) is 16.0. The molecular weight excluding hydrogens is 362 g/mol. The van der Waals surface area contributed by atoms with E-state index in [1.807, 2.05) is 25.1 Å². The second-order valence-electron chi connectivity index (χ2n) is 7.43. The molecule has 3 amide bonds. The zero-order chi connectivity index (χ0) is 19.7. The molecule has 3 heterocycles. The number of carbonyl (C=O) groups excluding carboxylic acids is 2. The third-order valence-corrected chi connectivity index (χ3v) is 5.40. The number of hydrogen-bond donors (Lipinski definition) is 1. The van der Waals surface area contributed by atoms with Gasteiger partial charge in [0.05, 0.1) is 12.2 Å². The number of anilines is 1. The number of aromatic nitrogens is 4. The summed E-state index contributed by atoms with van der Waals surface area (Å²) in [5, 5.41) is 14.1. The molecule has 28 heavy (non-hydrogen) atoms. The van der Waals surface area contributed by atoms with E-state index in [2.05, 4.69) is 20.8 Å². The molecule has 1 aromatic carbocycles. The van der Waals surface area contributed by atoms with Crippen molar-refractivity contribution in [2.45, 2.75) is 31.8 Å². The van der Waals surface area contributed by atoms with Gasteiger partial charge in [-0.3, -0.25) is 0 Å². The van der Waals surface area contributed by atoms with E-state index in [9.17, 15) is 9.59 Å². The molecule has 10 nitrogen and oxygen atoms in total. The minimum absolute atomic E-state index is 0.160. The maximum atomic E-state index is 12.9. The van der Waals surface area contributed by atoms with Gasteiger partial charge in [0.25, 0.3) is 0 Å². The van der Waals surface area contributed by atoms with E-state index in [-0.39, 0.29) is 12.1 Å². The first-order chi connectivity index (χ1) is 13.5. The van der Waals surface area contributed by atoms with Gasteiger partial charge in [-0.25, -0.2) is 14.3 Å². The Morgan fingerprint density at radius 2 is 2.14 bits per heavy atom. The summed E-state index contributed by atoms with van der Waals surface area (Å²) in [5.41, 5.74) is 1.95. The molecule has 1 N–H and O–H groups in total. The number of tetrazole rings is 1. The van der Waals surface area contributed by atoms with Crippen LogP contribution in [0, 0.1) is 6.92 Å². The highest BCUT2D eigenvalue weighted by Crippen LogP contribution is 2.32. The van der Waals surface area contributed by atoms with Crippen LogP contribution in [-0.2, 0) is 4.74 Å². The number of benzene rings is 1. The molecule has 1 aromatic heterocycles. The molecule has 0 unspecified atom stereocenters. The minimum atomic E-state index is -0.475. The number of likely N-dealkylation sites (N-methyl/N-ethyl adjacent to an activating group) is 1.